The van der Waals surface area contributed by atoms with Crippen molar-refractivity contribution in [3.05, 3.63) is 51.1 Å². The number of anilines is 1. The van der Waals surface area contributed by atoms with Crippen LogP contribution in [0.5, 0.6) is 0 Å². The van der Waals surface area contributed by atoms with Gasteiger partial charge in [0.2, 0.25) is 0 Å². The van der Waals surface area contributed by atoms with E-state index in [0.29, 0.717) is 21.0 Å². The average Bonchev–Trinajstić information content (AvgIpc) is 2.41. The largest absolute Gasteiger partial charge is 0.260 e. The Balaban J connectivity index is 2.14. The average molecular weight is 316 g/mol. The zero-order valence-electron chi connectivity index (χ0n) is 9.86. The predicted octanol–water partition coefficient (Wildman–Crippen LogP) is 4.27. The molecule has 0 unspecified atom stereocenters. The van der Waals surface area contributed by atoms with Crippen molar-refractivity contribution >= 4 is 46.3 Å². The molecule has 7 heteroatoms. The smallest absolute Gasteiger partial charge is 0.168 e. The number of hydrogen-bond donors (Lipinski definition) is 1. The lowest BCUT2D eigenvalue weighted by Crippen LogP contribution is -2.01. The predicted molar refractivity (Wildman–Crippen MR) is 79.3 cm³/mol. The summed E-state index contributed by atoms with van der Waals surface area (Å²) in [5.74, 6) is 0.504. The van der Waals surface area contributed by atoms with E-state index < -0.39 is 0 Å². The molecule has 2 aromatic rings. The summed E-state index contributed by atoms with van der Waals surface area (Å²) in [6.07, 6.45) is 0. The first-order valence-corrected chi connectivity index (χ1v) is 6.44. The van der Waals surface area contributed by atoms with Gasteiger partial charge in [0.1, 0.15) is 0 Å². The molecule has 2 rings (SSSR count). The van der Waals surface area contributed by atoms with Gasteiger partial charge in [0.05, 0.1) is 15.8 Å². The van der Waals surface area contributed by atoms with Gasteiger partial charge in [-0.3, -0.25) is 5.43 Å². The third-order valence-electron chi connectivity index (χ3n) is 2.31. The van der Waals surface area contributed by atoms with Crippen LogP contribution in [-0.4, -0.2) is 15.9 Å². The maximum absolute atomic E-state index is 5.95. The minimum Gasteiger partial charge on any atom is -0.260 e. The van der Waals surface area contributed by atoms with Crippen LogP contribution in [0.25, 0.3) is 0 Å². The Morgan fingerprint density at radius 3 is 2.47 bits per heavy atom. The lowest BCUT2D eigenvalue weighted by Gasteiger charge is -2.04. The molecule has 1 aromatic carbocycles. The molecule has 4 nitrogen and oxygen atoms in total. The first-order chi connectivity index (χ1) is 9.06. The van der Waals surface area contributed by atoms with Crippen LogP contribution in [0.3, 0.4) is 0 Å². The maximum atomic E-state index is 5.95. The summed E-state index contributed by atoms with van der Waals surface area (Å²) in [6.45, 7) is 1.84. The minimum atomic E-state index is 0.329. The summed E-state index contributed by atoms with van der Waals surface area (Å²) in [5.41, 5.74) is 4.39. The van der Waals surface area contributed by atoms with Crippen molar-refractivity contribution < 1.29 is 0 Å². The van der Waals surface area contributed by atoms with Gasteiger partial charge in [-0.2, -0.15) is 5.10 Å². The van der Waals surface area contributed by atoms with E-state index in [9.17, 15) is 0 Å². The molecule has 0 fully saturated rings. The highest BCUT2D eigenvalue weighted by molar-refractivity contribution is 6.42. The third kappa shape index (κ3) is 3.80. The van der Waals surface area contributed by atoms with Gasteiger partial charge < -0.3 is 0 Å². The van der Waals surface area contributed by atoms with E-state index in [1.54, 1.807) is 24.3 Å². The van der Waals surface area contributed by atoms with Crippen molar-refractivity contribution in [2.24, 2.45) is 5.10 Å². The van der Waals surface area contributed by atoms with Gasteiger partial charge in [0, 0.05) is 0 Å². The van der Waals surface area contributed by atoms with Crippen LogP contribution in [0.15, 0.2) is 35.4 Å². The van der Waals surface area contributed by atoms with E-state index in [1.807, 2.05) is 13.0 Å². The van der Waals surface area contributed by atoms with Crippen molar-refractivity contribution in [3.8, 4) is 0 Å². The Kier molecular flexibility index (Phi) is 4.58. The Labute approximate surface area is 125 Å². The molecular weight excluding hydrogens is 307 g/mol. The summed E-state index contributed by atoms with van der Waals surface area (Å²) in [7, 11) is 0. The lowest BCUT2D eigenvalue weighted by atomic mass is 10.1. The molecule has 0 spiro atoms. The molecule has 0 aliphatic heterocycles. The highest BCUT2D eigenvalue weighted by atomic mass is 35.5. The summed E-state index contributed by atoms with van der Waals surface area (Å²) in [6, 6.07) is 8.61. The topological polar surface area (TPSA) is 50.2 Å². The number of nitrogens with zero attached hydrogens (tertiary/aromatic N) is 3. The van der Waals surface area contributed by atoms with E-state index in [1.165, 1.54) is 0 Å². The van der Waals surface area contributed by atoms with Gasteiger partial charge in [-0.05, 0) is 36.8 Å². The maximum Gasteiger partial charge on any atom is 0.168 e. The van der Waals surface area contributed by atoms with Gasteiger partial charge in [-0.25, -0.2) is 0 Å². The van der Waals surface area contributed by atoms with Crippen molar-refractivity contribution in [1.82, 2.24) is 10.2 Å². The summed E-state index contributed by atoms with van der Waals surface area (Å²) < 4.78 is 0. The van der Waals surface area contributed by atoms with Crippen LogP contribution in [0.4, 0.5) is 5.82 Å². The van der Waals surface area contributed by atoms with Crippen LogP contribution in [0, 0.1) is 0 Å². The first kappa shape index (κ1) is 14.1. The van der Waals surface area contributed by atoms with Gasteiger partial charge >= 0.3 is 0 Å². The number of hydrazone groups is 1. The molecule has 0 saturated carbocycles. The normalized spacial score (nSPS) is 11.5. The number of halogens is 3. The standard InChI is InChI=1S/C12H9Cl3N4/c1-7(8-2-3-9(13)10(14)6-8)16-18-12-5-4-11(15)17-19-12/h2-6H,1H3,(H,18,19)/b16-7+. The number of aromatic nitrogens is 2. The first-order valence-electron chi connectivity index (χ1n) is 5.31. The number of rotatable bonds is 3. The van der Waals surface area contributed by atoms with Gasteiger partial charge in [-0.1, -0.05) is 40.9 Å². The lowest BCUT2D eigenvalue weighted by molar-refractivity contribution is 1.02. The zero-order chi connectivity index (χ0) is 13.8. The molecule has 0 aliphatic rings. The molecule has 19 heavy (non-hydrogen) atoms. The van der Waals surface area contributed by atoms with Crippen molar-refractivity contribution in [1.29, 1.82) is 0 Å². The Morgan fingerprint density at radius 2 is 1.84 bits per heavy atom. The van der Waals surface area contributed by atoms with Crippen LogP contribution < -0.4 is 5.43 Å². The van der Waals surface area contributed by atoms with E-state index in [-0.39, 0.29) is 0 Å². The molecule has 0 saturated heterocycles. The fourth-order valence-corrected chi connectivity index (χ4v) is 1.70. The van der Waals surface area contributed by atoms with E-state index in [0.717, 1.165) is 11.3 Å². The zero-order valence-corrected chi connectivity index (χ0v) is 12.1. The fraction of sp³-hybridized carbons (Fsp3) is 0.0833. The number of nitrogens with one attached hydrogen (secondary N) is 1. The molecule has 1 aromatic heterocycles. The molecule has 0 bridgehead atoms. The fourth-order valence-electron chi connectivity index (χ4n) is 1.30. The van der Waals surface area contributed by atoms with Crippen molar-refractivity contribution in [3.63, 3.8) is 0 Å². The molecule has 1 N–H and O–H groups in total. The molecule has 1 heterocycles. The second-order valence-corrected chi connectivity index (χ2v) is 4.88. The van der Waals surface area contributed by atoms with Crippen LogP contribution in [-0.2, 0) is 0 Å². The summed E-state index contributed by atoms with van der Waals surface area (Å²) >= 11 is 17.4. The Morgan fingerprint density at radius 1 is 1.05 bits per heavy atom. The quantitative estimate of drug-likeness (QED) is 0.679. The molecule has 98 valence electrons. The second kappa shape index (κ2) is 6.19. The molecule has 0 radical (unpaired) electrons. The Bertz CT molecular complexity index is 611. The van der Waals surface area contributed by atoms with Crippen LogP contribution in [0.2, 0.25) is 15.2 Å². The third-order valence-corrected chi connectivity index (χ3v) is 3.25. The van der Waals surface area contributed by atoms with Gasteiger partial charge in [-0.15, -0.1) is 10.2 Å². The van der Waals surface area contributed by atoms with Gasteiger partial charge in [0.25, 0.3) is 0 Å². The van der Waals surface area contributed by atoms with E-state index in [4.69, 9.17) is 34.8 Å². The molecule has 0 atom stereocenters. The highest BCUT2D eigenvalue weighted by Gasteiger charge is 2.02. The van der Waals surface area contributed by atoms with Crippen molar-refractivity contribution in [2.45, 2.75) is 6.92 Å². The van der Waals surface area contributed by atoms with E-state index >= 15 is 0 Å². The van der Waals surface area contributed by atoms with Crippen LogP contribution in [0.1, 0.15) is 12.5 Å². The van der Waals surface area contributed by atoms with E-state index in [2.05, 4.69) is 20.7 Å². The van der Waals surface area contributed by atoms with Crippen molar-refractivity contribution in [2.75, 3.05) is 5.43 Å². The monoisotopic (exact) mass is 314 g/mol. The summed E-state index contributed by atoms with van der Waals surface area (Å²) in [5, 5.41) is 13.0. The molecular formula is C12H9Cl3N4. The molecule has 0 aliphatic carbocycles. The van der Waals surface area contributed by atoms with Crippen LogP contribution >= 0.6 is 34.8 Å². The highest BCUT2D eigenvalue weighted by Crippen LogP contribution is 2.22. The van der Waals surface area contributed by atoms with Gasteiger partial charge in [0.15, 0.2) is 11.0 Å². The number of hydrogen-bond acceptors (Lipinski definition) is 4. The minimum absolute atomic E-state index is 0.329. The number of benzene rings is 1. The second-order valence-electron chi connectivity index (χ2n) is 3.68. The summed E-state index contributed by atoms with van der Waals surface area (Å²) in [4.78, 5) is 0. The Hall–Kier alpha value is -1.36. The SMILES string of the molecule is C/C(=N\Nc1ccc(Cl)nn1)c1ccc(Cl)c(Cl)c1. The molecule has 0 amide bonds.